The van der Waals surface area contributed by atoms with Gasteiger partial charge < -0.3 is 14.8 Å². The fourth-order valence-corrected chi connectivity index (χ4v) is 1.97. The van der Waals surface area contributed by atoms with Gasteiger partial charge in [0.1, 0.15) is 17.7 Å². The van der Waals surface area contributed by atoms with E-state index in [1.54, 1.807) is 6.07 Å². The minimum Gasteiger partial charge on any atom is -0.496 e. The van der Waals surface area contributed by atoms with Crippen molar-refractivity contribution in [3.63, 3.8) is 0 Å². The highest BCUT2D eigenvalue weighted by molar-refractivity contribution is 5.81. The Morgan fingerprint density at radius 2 is 2.44 bits per heavy atom. The molecule has 1 aliphatic rings. The average molecular weight is 253 g/mol. The van der Waals surface area contributed by atoms with Gasteiger partial charge in [0, 0.05) is 18.7 Å². The third-order valence-corrected chi connectivity index (χ3v) is 2.92. The maximum Gasteiger partial charge on any atom is 0.249 e. The van der Waals surface area contributed by atoms with Gasteiger partial charge in [0.25, 0.3) is 0 Å². The van der Waals surface area contributed by atoms with E-state index in [-0.39, 0.29) is 24.4 Å². The van der Waals surface area contributed by atoms with E-state index in [2.05, 4.69) is 5.32 Å². The number of methoxy groups -OCH3 is 1. The summed E-state index contributed by atoms with van der Waals surface area (Å²) in [6, 6.07) is 4.22. The number of ether oxygens (including phenoxy) is 2. The highest BCUT2D eigenvalue weighted by Crippen LogP contribution is 2.19. The first kappa shape index (κ1) is 12.8. The van der Waals surface area contributed by atoms with Crippen LogP contribution in [0.5, 0.6) is 5.75 Å². The molecule has 1 N–H and O–H groups in total. The van der Waals surface area contributed by atoms with Crippen LogP contribution in [0.2, 0.25) is 0 Å². The van der Waals surface area contributed by atoms with Crippen LogP contribution in [0.3, 0.4) is 0 Å². The predicted molar refractivity (Wildman–Crippen MR) is 63.8 cm³/mol. The SMILES string of the molecule is COc1ccc(F)cc1CNC(=O)C1CCCO1. The Balaban J connectivity index is 1.96. The van der Waals surface area contributed by atoms with Crippen LogP contribution in [-0.4, -0.2) is 25.7 Å². The average Bonchev–Trinajstić information content (AvgIpc) is 2.90. The Bertz CT molecular complexity index is 430. The zero-order valence-corrected chi connectivity index (χ0v) is 10.2. The summed E-state index contributed by atoms with van der Waals surface area (Å²) < 4.78 is 23.5. The van der Waals surface area contributed by atoms with Crippen molar-refractivity contribution in [2.75, 3.05) is 13.7 Å². The van der Waals surface area contributed by atoms with Crippen molar-refractivity contribution < 1.29 is 18.7 Å². The molecule has 5 heteroatoms. The van der Waals surface area contributed by atoms with Crippen LogP contribution in [0.15, 0.2) is 18.2 Å². The van der Waals surface area contributed by atoms with Crippen LogP contribution in [0.25, 0.3) is 0 Å². The van der Waals surface area contributed by atoms with E-state index in [9.17, 15) is 9.18 Å². The molecule has 0 bridgehead atoms. The van der Waals surface area contributed by atoms with Gasteiger partial charge in [0.15, 0.2) is 0 Å². The molecule has 1 amide bonds. The molecule has 0 aromatic heterocycles. The van der Waals surface area contributed by atoms with Crippen molar-refractivity contribution in [2.45, 2.75) is 25.5 Å². The molecule has 18 heavy (non-hydrogen) atoms. The van der Waals surface area contributed by atoms with Gasteiger partial charge in [-0.2, -0.15) is 0 Å². The maximum atomic E-state index is 13.1. The van der Waals surface area contributed by atoms with Crippen LogP contribution < -0.4 is 10.1 Å². The molecule has 1 unspecified atom stereocenters. The number of benzene rings is 1. The topological polar surface area (TPSA) is 47.6 Å². The van der Waals surface area contributed by atoms with Crippen LogP contribution in [0.1, 0.15) is 18.4 Å². The molecule has 1 saturated heterocycles. The second kappa shape index (κ2) is 5.82. The van der Waals surface area contributed by atoms with Gasteiger partial charge in [-0.1, -0.05) is 0 Å². The third kappa shape index (κ3) is 2.98. The van der Waals surface area contributed by atoms with Gasteiger partial charge in [-0.25, -0.2) is 4.39 Å². The molecule has 98 valence electrons. The second-order valence-electron chi connectivity index (χ2n) is 4.18. The lowest BCUT2D eigenvalue weighted by Gasteiger charge is -2.12. The van der Waals surface area contributed by atoms with E-state index < -0.39 is 0 Å². The van der Waals surface area contributed by atoms with Crippen LogP contribution in [0, 0.1) is 5.82 Å². The Morgan fingerprint density at radius 3 is 3.11 bits per heavy atom. The monoisotopic (exact) mass is 253 g/mol. The minimum absolute atomic E-state index is 0.154. The number of nitrogens with one attached hydrogen (secondary N) is 1. The summed E-state index contributed by atoms with van der Waals surface area (Å²) in [5.41, 5.74) is 0.615. The molecule has 0 radical (unpaired) electrons. The first-order valence-corrected chi connectivity index (χ1v) is 5.92. The van der Waals surface area contributed by atoms with Crippen molar-refractivity contribution >= 4 is 5.91 Å². The summed E-state index contributed by atoms with van der Waals surface area (Å²) in [4.78, 5) is 11.7. The maximum absolute atomic E-state index is 13.1. The van der Waals surface area contributed by atoms with Crippen molar-refractivity contribution in [1.82, 2.24) is 5.32 Å². The number of rotatable bonds is 4. The normalized spacial score (nSPS) is 18.7. The van der Waals surface area contributed by atoms with Gasteiger partial charge in [-0.3, -0.25) is 4.79 Å². The molecule has 1 fully saturated rings. The molecule has 1 aromatic rings. The molecule has 1 atom stereocenters. The van der Waals surface area contributed by atoms with Gasteiger partial charge >= 0.3 is 0 Å². The van der Waals surface area contributed by atoms with Crippen molar-refractivity contribution in [3.8, 4) is 5.75 Å². The summed E-state index contributed by atoms with van der Waals surface area (Å²) >= 11 is 0. The molecule has 1 aromatic carbocycles. The quantitative estimate of drug-likeness (QED) is 0.887. The third-order valence-electron chi connectivity index (χ3n) is 2.92. The Morgan fingerprint density at radius 1 is 1.61 bits per heavy atom. The van der Waals surface area contributed by atoms with Crippen LogP contribution in [-0.2, 0) is 16.1 Å². The number of halogens is 1. The summed E-state index contributed by atoms with van der Waals surface area (Å²) in [5, 5.41) is 2.73. The fraction of sp³-hybridized carbons (Fsp3) is 0.462. The largest absolute Gasteiger partial charge is 0.496 e. The lowest BCUT2D eigenvalue weighted by Crippen LogP contribution is -2.33. The van der Waals surface area contributed by atoms with E-state index in [0.717, 1.165) is 12.8 Å². The van der Waals surface area contributed by atoms with E-state index in [1.165, 1.54) is 19.2 Å². The first-order chi connectivity index (χ1) is 8.70. The van der Waals surface area contributed by atoms with Gasteiger partial charge in [-0.15, -0.1) is 0 Å². The lowest BCUT2D eigenvalue weighted by molar-refractivity contribution is -0.130. The van der Waals surface area contributed by atoms with Crippen molar-refractivity contribution in [3.05, 3.63) is 29.6 Å². The Hall–Kier alpha value is -1.62. The summed E-state index contributed by atoms with van der Waals surface area (Å²) in [6.07, 6.45) is 1.28. The highest BCUT2D eigenvalue weighted by atomic mass is 19.1. The molecule has 1 heterocycles. The smallest absolute Gasteiger partial charge is 0.249 e. The molecule has 0 aliphatic carbocycles. The van der Waals surface area contributed by atoms with Crippen molar-refractivity contribution in [1.29, 1.82) is 0 Å². The second-order valence-corrected chi connectivity index (χ2v) is 4.18. The van der Waals surface area contributed by atoms with Gasteiger partial charge in [0.05, 0.1) is 7.11 Å². The van der Waals surface area contributed by atoms with Gasteiger partial charge in [-0.05, 0) is 31.0 Å². The van der Waals surface area contributed by atoms with Crippen molar-refractivity contribution in [2.24, 2.45) is 0 Å². The Kier molecular flexibility index (Phi) is 4.15. The lowest BCUT2D eigenvalue weighted by atomic mass is 10.2. The van der Waals surface area contributed by atoms with Crippen LogP contribution in [0.4, 0.5) is 4.39 Å². The number of carbonyl (C=O) groups excluding carboxylic acids is 1. The summed E-state index contributed by atoms with van der Waals surface area (Å²) in [6.45, 7) is 0.862. The van der Waals surface area contributed by atoms with Crippen LogP contribution >= 0.6 is 0 Å². The molecule has 2 rings (SSSR count). The first-order valence-electron chi connectivity index (χ1n) is 5.92. The van der Waals surface area contributed by atoms with E-state index in [0.29, 0.717) is 17.9 Å². The zero-order valence-electron chi connectivity index (χ0n) is 10.2. The number of carbonyl (C=O) groups is 1. The molecular weight excluding hydrogens is 237 g/mol. The Labute approximate surface area is 105 Å². The van der Waals surface area contributed by atoms with Gasteiger partial charge in [0.2, 0.25) is 5.91 Å². The summed E-state index contributed by atoms with van der Waals surface area (Å²) in [7, 11) is 1.51. The molecule has 0 spiro atoms. The minimum atomic E-state index is -0.371. The summed E-state index contributed by atoms with van der Waals surface area (Å²) in [5.74, 6) is 0.0556. The standard InChI is InChI=1S/C13H16FNO3/c1-17-11-5-4-10(14)7-9(11)8-15-13(16)12-3-2-6-18-12/h4-5,7,12H,2-3,6,8H2,1H3,(H,15,16). The zero-order chi connectivity index (χ0) is 13.0. The van der Waals surface area contributed by atoms with E-state index in [4.69, 9.17) is 9.47 Å². The van der Waals surface area contributed by atoms with E-state index >= 15 is 0 Å². The fourth-order valence-electron chi connectivity index (χ4n) is 1.97. The van der Waals surface area contributed by atoms with E-state index in [1.807, 2.05) is 0 Å². The number of amides is 1. The molecule has 0 saturated carbocycles. The molecular formula is C13H16FNO3. The highest BCUT2D eigenvalue weighted by Gasteiger charge is 2.23. The molecule has 1 aliphatic heterocycles. The predicted octanol–water partition coefficient (Wildman–Crippen LogP) is 1.63. The number of hydrogen-bond donors (Lipinski definition) is 1. The number of hydrogen-bond acceptors (Lipinski definition) is 3. The molecule has 4 nitrogen and oxygen atoms in total.